The van der Waals surface area contributed by atoms with E-state index in [2.05, 4.69) is 0 Å². The number of nitrogens with zero attached hydrogens (tertiary/aromatic N) is 3. The monoisotopic (exact) mass is 439 g/mol. The summed E-state index contributed by atoms with van der Waals surface area (Å²) in [6.07, 6.45) is 4.94. The summed E-state index contributed by atoms with van der Waals surface area (Å²) in [4.78, 5) is 54.3. The Labute approximate surface area is 187 Å². The summed E-state index contributed by atoms with van der Waals surface area (Å²) >= 11 is 0. The van der Waals surface area contributed by atoms with E-state index in [1.807, 2.05) is 23.1 Å². The van der Waals surface area contributed by atoms with Crippen LogP contribution >= 0.6 is 0 Å². The number of ketones is 1. The molecule has 2 fully saturated rings. The highest BCUT2D eigenvalue weighted by molar-refractivity contribution is 6.45. The van der Waals surface area contributed by atoms with Crippen LogP contribution in [0.4, 0.5) is 0 Å². The summed E-state index contributed by atoms with van der Waals surface area (Å²) < 4.78 is 6.85. The van der Waals surface area contributed by atoms with Gasteiger partial charge in [0.25, 0.3) is 11.7 Å². The Morgan fingerprint density at radius 2 is 1.72 bits per heavy atom. The standard InChI is InChI=1S/C24H29N3O5/c1-2-32-24(31)17-8-7-13-26(14-17)23(30)22(29)19-15-27(20-10-4-3-9-18(19)20)16-21(28)25-11-5-6-12-25/h3-4,9-10,15,17H,2,5-8,11-14,16H2,1H3. The molecule has 2 amide bonds. The third kappa shape index (κ3) is 4.40. The molecule has 0 radical (unpaired) electrons. The number of likely N-dealkylation sites (tertiary alicyclic amines) is 2. The van der Waals surface area contributed by atoms with Gasteiger partial charge in [0.2, 0.25) is 5.91 Å². The Morgan fingerprint density at radius 3 is 2.47 bits per heavy atom. The first-order chi connectivity index (χ1) is 15.5. The quantitative estimate of drug-likeness (QED) is 0.391. The van der Waals surface area contributed by atoms with E-state index >= 15 is 0 Å². The van der Waals surface area contributed by atoms with Gasteiger partial charge in [-0.25, -0.2) is 0 Å². The second-order valence-corrected chi connectivity index (χ2v) is 8.45. The molecule has 8 nitrogen and oxygen atoms in total. The summed E-state index contributed by atoms with van der Waals surface area (Å²) in [6.45, 7) is 4.33. The summed E-state index contributed by atoms with van der Waals surface area (Å²) in [6, 6.07) is 7.31. The molecule has 0 aliphatic carbocycles. The zero-order valence-electron chi connectivity index (χ0n) is 18.4. The number of para-hydroxylation sites is 1. The number of ether oxygens (including phenoxy) is 1. The minimum Gasteiger partial charge on any atom is -0.466 e. The van der Waals surface area contributed by atoms with Gasteiger partial charge in [-0.3, -0.25) is 19.2 Å². The van der Waals surface area contributed by atoms with Crippen LogP contribution < -0.4 is 0 Å². The second-order valence-electron chi connectivity index (χ2n) is 8.45. The maximum atomic E-state index is 13.2. The third-order valence-corrected chi connectivity index (χ3v) is 6.32. The highest BCUT2D eigenvalue weighted by Gasteiger charge is 2.33. The fourth-order valence-electron chi connectivity index (χ4n) is 4.64. The molecule has 3 heterocycles. The number of hydrogen-bond acceptors (Lipinski definition) is 5. The molecule has 0 spiro atoms. The lowest BCUT2D eigenvalue weighted by Gasteiger charge is -2.31. The molecule has 4 rings (SSSR count). The maximum absolute atomic E-state index is 13.2. The lowest BCUT2D eigenvalue weighted by molar-refractivity contribution is -0.150. The number of benzene rings is 1. The number of fused-ring (bicyclic) bond motifs is 1. The van der Waals surface area contributed by atoms with Gasteiger partial charge >= 0.3 is 5.97 Å². The molecule has 1 unspecified atom stereocenters. The van der Waals surface area contributed by atoms with Crippen molar-refractivity contribution in [2.45, 2.75) is 39.2 Å². The molecule has 2 aromatic rings. The minimum atomic E-state index is -0.618. The number of carbonyl (C=O) groups excluding carboxylic acids is 4. The van der Waals surface area contributed by atoms with Gasteiger partial charge < -0.3 is 19.1 Å². The Bertz CT molecular complexity index is 1040. The number of esters is 1. The van der Waals surface area contributed by atoms with E-state index in [4.69, 9.17) is 4.74 Å². The van der Waals surface area contributed by atoms with Gasteiger partial charge in [0.15, 0.2) is 0 Å². The number of carbonyl (C=O) groups is 4. The van der Waals surface area contributed by atoms with E-state index in [0.29, 0.717) is 24.8 Å². The minimum absolute atomic E-state index is 0.0156. The summed E-state index contributed by atoms with van der Waals surface area (Å²) in [7, 11) is 0. The molecule has 2 aliphatic heterocycles. The Balaban J connectivity index is 1.54. The highest BCUT2D eigenvalue weighted by Crippen LogP contribution is 2.25. The van der Waals surface area contributed by atoms with E-state index in [1.54, 1.807) is 23.8 Å². The first kappa shape index (κ1) is 22.0. The van der Waals surface area contributed by atoms with E-state index < -0.39 is 17.6 Å². The largest absolute Gasteiger partial charge is 0.466 e. The number of Topliss-reactive ketones (excluding diaryl/α,β-unsaturated/α-hetero) is 1. The van der Waals surface area contributed by atoms with Crippen LogP contribution in [0.1, 0.15) is 43.0 Å². The zero-order valence-corrected chi connectivity index (χ0v) is 18.4. The SMILES string of the molecule is CCOC(=O)C1CCCN(C(=O)C(=O)c2cn(CC(=O)N3CCCC3)c3ccccc23)C1. The van der Waals surface area contributed by atoms with Crippen molar-refractivity contribution in [3.05, 3.63) is 36.0 Å². The lowest BCUT2D eigenvalue weighted by Crippen LogP contribution is -2.45. The van der Waals surface area contributed by atoms with Gasteiger partial charge in [0.05, 0.1) is 18.1 Å². The van der Waals surface area contributed by atoms with Crippen molar-refractivity contribution < 1.29 is 23.9 Å². The van der Waals surface area contributed by atoms with Crippen LogP contribution in [0.5, 0.6) is 0 Å². The lowest BCUT2D eigenvalue weighted by atomic mass is 9.97. The molecule has 1 aromatic carbocycles. The number of rotatable bonds is 6. The smallest absolute Gasteiger partial charge is 0.310 e. The average molecular weight is 440 g/mol. The predicted octanol–water partition coefficient (Wildman–Crippen LogP) is 2.25. The molecule has 2 aliphatic rings. The van der Waals surface area contributed by atoms with Gasteiger partial charge in [0, 0.05) is 43.3 Å². The summed E-state index contributed by atoms with van der Waals surface area (Å²) in [5, 5.41) is 0.652. The first-order valence-corrected chi connectivity index (χ1v) is 11.4. The molecular weight excluding hydrogens is 410 g/mol. The summed E-state index contributed by atoms with van der Waals surface area (Å²) in [5.41, 5.74) is 1.04. The molecule has 8 heteroatoms. The molecular formula is C24H29N3O5. The van der Waals surface area contributed by atoms with Crippen molar-refractivity contribution in [3.63, 3.8) is 0 Å². The van der Waals surface area contributed by atoms with E-state index in [9.17, 15) is 19.2 Å². The van der Waals surface area contributed by atoms with E-state index in [-0.39, 0.29) is 37.1 Å². The predicted molar refractivity (Wildman–Crippen MR) is 118 cm³/mol. The first-order valence-electron chi connectivity index (χ1n) is 11.4. The van der Waals surface area contributed by atoms with Crippen molar-refractivity contribution in [3.8, 4) is 0 Å². The molecule has 2 saturated heterocycles. The molecule has 0 bridgehead atoms. The van der Waals surface area contributed by atoms with Gasteiger partial charge in [-0.1, -0.05) is 18.2 Å². The maximum Gasteiger partial charge on any atom is 0.310 e. The van der Waals surface area contributed by atoms with E-state index in [1.165, 1.54) is 4.90 Å². The van der Waals surface area contributed by atoms with Crippen LogP contribution in [-0.4, -0.2) is 70.7 Å². The van der Waals surface area contributed by atoms with Crippen molar-refractivity contribution in [1.29, 1.82) is 0 Å². The fraction of sp³-hybridized carbons (Fsp3) is 0.500. The topological polar surface area (TPSA) is 88.9 Å². The van der Waals surface area contributed by atoms with Gasteiger partial charge in [-0.15, -0.1) is 0 Å². The van der Waals surface area contributed by atoms with Crippen molar-refractivity contribution in [2.24, 2.45) is 5.92 Å². The number of amides is 2. The van der Waals surface area contributed by atoms with E-state index in [0.717, 1.165) is 31.4 Å². The fourth-order valence-corrected chi connectivity index (χ4v) is 4.64. The summed E-state index contributed by atoms with van der Waals surface area (Å²) in [5.74, 6) is -1.94. The Morgan fingerprint density at radius 1 is 1.00 bits per heavy atom. The Kier molecular flexibility index (Phi) is 6.58. The van der Waals surface area contributed by atoms with Crippen LogP contribution in [0.15, 0.2) is 30.5 Å². The molecule has 1 atom stereocenters. The van der Waals surface area contributed by atoms with Gasteiger partial charge in [0.1, 0.15) is 6.54 Å². The molecule has 0 saturated carbocycles. The van der Waals surface area contributed by atoms with Crippen LogP contribution in [0.2, 0.25) is 0 Å². The van der Waals surface area contributed by atoms with Crippen LogP contribution in [0, 0.1) is 5.92 Å². The molecule has 0 N–H and O–H groups in total. The molecule has 170 valence electrons. The second kappa shape index (κ2) is 9.54. The third-order valence-electron chi connectivity index (χ3n) is 6.32. The van der Waals surface area contributed by atoms with Crippen molar-refractivity contribution in [2.75, 3.05) is 32.8 Å². The molecule has 1 aromatic heterocycles. The van der Waals surface area contributed by atoms with Crippen LogP contribution in [-0.2, 0) is 25.7 Å². The van der Waals surface area contributed by atoms with Gasteiger partial charge in [-0.05, 0) is 38.7 Å². The van der Waals surface area contributed by atoms with Crippen LogP contribution in [0.3, 0.4) is 0 Å². The number of piperidine rings is 1. The Hall–Kier alpha value is -3.16. The number of aromatic nitrogens is 1. The zero-order chi connectivity index (χ0) is 22.7. The normalized spacial score (nSPS) is 18.7. The van der Waals surface area contributed by atoms with Crippen molar-refractivity contribution >= 4 is 34.5 Å². The average Bonchev–Trinajstić information content (AvgIpc) is 3.47. The van der Waals surface area contributed by atoms with Gasteiger partial charge in [-0.2, -0.15) is 0 Å². The number of hydrogen-bond donors (Lipinski definition) is 0. The van der Waals surface area contributed by atoms with Crippen molar-refractivity contribution in [1.82, 2.24) is 14.4 Å². The molecule has 32 heavy (non-hydrogen) atoms. The van der Waals surface area contributed by atoms with Crippen LogP contribution in [0.25, 0.3) is 10.9 Å². The highest BCUT2D eigenvalue weighted by atomic mass is 16.5.